The van der Waals surface area contributed by atoms with Crippen molar-refractivity contribution in [3.05, 3.63) is 94.5 Å². The maximum Gasteiger partial charge on any atom is 0.264 e. The molecular formula is C23H22ClN3O3S. The van der Waals surface area contributed by atoms with Crippen LogP contribution in [0.4, 0.5) is 5.69 Å². The lowest BCUT2D eigenvalue weighted by Crippen LogP contribution is -2.39. The predicted octanol–water partition coefficient (Wildman–Crippen LogP) is 4.30. The van der Waals surface area contributed by atoms with Crippen molar-refractivity contribution in [2.24, 2.45) is 5.10 Å². The highest BCUT2D eigenvalue weighted by Crippen LogP contribution is 2.25. The van der Waals surface area contributed by atoms with E-state index >= 15 is 0 Å². The molecule has 3 aromatic carbocycles. The largest absolute Gasteiger partial charge is 0.271 e. The average molecular weight is 456 g/mol. The summed E-state index contributed by atoms with van der Waals surface area (Å²) in [5.74, 6) is -0.582. The molecule has 0 heterocycles. The van der Waals surface area contributed by atoms with Crippen LogP contribution in [0.1, 0.15) is 16.7 Å². The molecule has 3 aromatic rings. The quantitative estimate of drug-likeness (QED) is 0.426. The van der Waals surface area contributed by atoms with E-state index < -0.39 is 22.5 Å². The molecule has 0 bridgehead atoms. The van der Waals surface area contributed by atoms with Crippen molar-refractivity contribution >= 4 is 39.4 Å². The molecule has 0 aliphatic heterocycles. The molecule has 0 saturated heterocycles. The Kier molecular flexibility index (Phi) is 7.09. The zero-order valence-electron chi connectivity index (χ0n) is 17.1. The van der Waals surface area contributed by atoms with Crippen LogP contribution in [0, 0.1) is 13.8 Å². The Morgan fingerprint density at radius 3 is 2.48 bits per heavy atom. The summed E-state index contributed by atoms with van der Waals surface area (Å²) in [6.45, 7) is 3.45. The number of sulfonamides is 1. The normalized spacial score (nSPS) is 11.5. The smallest absolute Gasteiger partial charge is 0.264 e. The first-order valence-electron chi connectivity index (χ1n) is 9.50. The minimum atomic E-state index is -3.99. The maximum atomic E-state index is 13.2. The molecule has 0 aromatic heterocycles. The SMILES string of the molecule is Cc1ccc(C)c(/C=N\NC(=O)CN(c2cccc(Cl)c2)S(=O)(=O)c2ccccc2)c1. The molecule has 1 N–H and O–H groups in total. The topological polar surface area (TPSA) is 78.8 Å². The number of anilines is 1. The lowest BCUT2D eigenvalue weighted by atomic mass is 10.1. The number of hydrazone groups is 1. The van der Waals surface area contributed by atoms with Crippen LogP contribution in [-0.2, 0) is 14.8 Å². The molecule has 31 heavy (non-hydrogen) atoms. The van der Waals surface area contributed by atoms with E-state index in [1.165, 1.54) is 24.4 Å². The number of halogens is 1. The van der Waals surface area contributed by atoms with E-state index in [1.807, 2.05) is 32.0 Å². The fourth-order valence-electron chi connectivity index (χ4n) is 2.90. The van der Waals surface area contributed by atoms with Crippen LogP contribution >= 0.6 is 11.6 Å². The number of benzene rings is 3. The van der Waals surface area contributed by atoms with E-state index in [1.54, 1.807) is 36.4 Å². The van der Waals surface area contributed by atoms with Gasteiger partial charge in [-0.25, -0.2) is 13.8 Å². The van der Waals surface area contributed by atoms with E-state index in [2.05, 4.69) is 10.5 Å². The summed E-state index contributed by atoms with van der Waals surface area (Å²) < 4.78 is 27.5. The van der Waals surface area contributed by atoms with Gasteiger partial charge in [-0.1, -0.05) is 59.6 Å². The lowest BCUT2D eigenvalue weighted by molar-refractivity contribution is -0.119. The lowest BCUT2D eigenvalue weighted by Gasteiger charge is -2.23. The number of rotatable bonds is 7. The minimum absolute atomic E-state index is 0.0710. The third kappa shape index (κ3) is 5.71. The Morgan fingerprint density at radius 2 is 1.77 bits per heavy atom. The first-order valence-corrected chi connectivity index (χ1v) is 11.3. The zero-order chi connectivity index (χ0) is 22.4. The van der Waals surface area contributed by atoms with Gasteiger partial charge in [-0.15, -0.1) is 0 Å². The summed E-state index contributed by atoms with van der Waals surface area (Å²) >= 11 is 6.05. The van der Waals surface area contributed by atoms with Crippen LogP contribution < -0.4 is 9.73 Å². The summed E-state index contributed by atoms with van der Waals surface area (Å²) in [6.07, 6.45) is 1.54. The second-order valence-corrected chi connectivity index (χ2v) is 9.26. The second kappa shape index (κ2) is 9.76. The van der Waals surface area contributed by atoms with E-state index in [0.717, 1.165) is 21.0 Å². The molecule has 0 aliphatic rings. The zero-order valence-corrected chi connectivity index (χ0v) is 18.7. The molecule has 0 unspecified atom stereocenters. The predicted molar refractivity (Wildman–Crippen MR) is 124 cm³/mol. The van der Waals surface area contributed by atoms with Crippen LogP contribution in [0.2, 0.25) is 5.02 Å². The summed E-state index contributed by atoms with van der Waals surface area (Å²) in [4.78, 5) is 12.6. The fraction of sp³-hybridized carbons (Fsp3) is 0.130. The van der Waals surface area contributed by atoms with Gasteiger partial charge in [-0.3, -0.25) is 9.10 Å². The Balaban J connectivity index is 1.84. The number of hydrogen-bond donors (Lipinski definition) is 1. The molecule has 0 radical (unpaired) electrons. The molecule has 1 amide bonds. The van der Waals surface area contributed by atoms with Gasteiger partial charge in [0, 0.05) is 5.02 Å². The molecule has 0 saturated carbocycles. The molecule has 0 atom stereocenters. The van der Waals surface area contributed by atoms with E-state index in [9.17, 15) is 13.2 Å². The van der Waals surface area contributed by atoms with Crippen molar-refractivity contribution < 1.29 is 13.2 Å². The number of hydrogen-bond acceptors (Lipinski definition) is 4. The Labute approximate surface area is 187 Å². The van der Waals surface area contributed by atoms with Crippen LogP contribution in [0.25, 0.3) is 0 Å². The fourth-order valence-corrected chi connectivity index (χ4v) is 4.52. The van der Waals surface area contributed by atoms with Crippen molar-refractivity contribution in [2.45, 2.75) is 18.7 Å². The third-order valence-electron chi connectivity index (χ3n) is 4.54. The summed E-state index contributed by atoms with van der Waals surface area (Å²) in [7, 11) is -3.99. The Bertz CT molecular complexity index is 1210. The molecule has 0 fully saturated rings. The number of nitrogens with one attached hydrogen (secondary N) is 1. The summed E-state index contributed by atoms with van der Waals surface area (Å²) in [5.41, 5.74) is 5.63. The van der Waals surface area contributed by atoms with Crippen LogP contribution in [0.5, 0.6) is 0 Å². The molecule has 3 rings (SSSR count). The van der Waals surface area contributed by atoms with Gasteiger partial charge in [0.05, 0.1) is 16.8 Å². The van der Waals surface area contributed by atoms with Gasteiger partial charge in [0.25, 0.3) is 15.9 Å². The van der Waals surface area contributed by atoms with Crippen molar-refractivity contribution in [1.82, 2.24) is 5.43 Å². The standard InChI is InChI=1S/C23H22ClN3O3S/c1-17-11-12-18(2)19(13-17)15-25-26-23(28)16-27(21-8-6-7-20(24)14-21)31(29,30)22-9-4-3-5-10-22/h3-15H,16H2,1-2H3,(H,26,28)/b25-15-. The number of amides is 1. The first-order chi connectivity index (χ1) is 14.8. The third-order valence-corrected chi connectivity index (χ3v) is 6.57. The Hall–Kier alpha value is -3.16. The van der Waals surface area contributed by atoms with Crippen LogP contribution in [0.15, 0.2) is 82.8 Å². The molecule has 6 nitrogen and oxygen atoms in total. The summed E-state index contributed by atoms with van der Waals surface area (Å²) in [6, 6.07) is 20.2. The van der Waals surface area contributed by atoms with E-state index in [-0.39, 0.29) is 10.6 Å². The van der Waals surface area contributed by atoms with E-state index in [4.69, 9.17) is 11.6 Å². The number of nitrogens with zero attached hydrogens (tertiary/aromatic N) is 2. The van der Waals surface area contributed by atoms with Crippen LogP contribution in [0.3, 0.4) is 0 Å². The van der Waals surface area contributed by atoms with Gasteiger partial charge in [0.15, 0.2) is 0 Å². The van der Waals surface area contributed by atoms with Gasteiger partial charge in [0.2, 0.25) is 0 Å². The monoisotopic (exact) mass is 455 g/mol. The maximum absolute atomic E-state index is 13.2. The highest BCUT2D eigenvalue weighted by molar-refractivity contribution is 7.92. The van der Waals surface area contributed by atoms with Gasteiger partial charge in [-0.05, 0) is 55.3 Å². The van der Waals surface area contributed by atoms with Crippen LogP contribution in [-0.4, -0.2) is 27.1 Å². The molecular weight excluding hydrogens is 434 g/mol. The van der Waals surface area contributed by atoms with Gasteiger partial charge in [0.1, 0.15) is 6.54 Å². The molecule has 8 heteroatoms. The van der Waals surface area contributed by atoms with Crippen molar-refractivity contribution in [1.29, 1.82) is 0 Å². The van der Waals surface area contributed by atoms with Crippen molar-refractivity contribution in [3.63, 3.8) is 0 Å². The van der Waals surface area contributed by atoms with Gasteiger partial charge < -0.3 is 0 Å². The molecule has 160 valence electrons. The minimum Gasteiger partial charge on any atom is -0.271 e. The second-order valence-electron chi connectivity index (χ2n) is 6.96. The van der Waals surface area contributed by atoms with Gasteiger partial charge in [-0.2, -0.15) is 5.10 Å². The molecule has 0 aliphatic carbocycles. The highest BCUT2D eigenvalue weighted by Gasteiger charge is 2.27. The van der Waals surface area contributed by atoms with E-state index in [0.29, 0.717) is 5.02 Å². The highest BCUT2D eigenvalue weighted by atomic mass is 35.5. The van der Waals surface area contributed by atoms with Gasteiger partial charge >= 0.3 is 0 Å². The number of carbonyl (C=O) groups is 1. The number of aryl methyl sites for hydroxylation is 2. The number of carbonyl (C=O) groups excluding carboxylic acids is 1. The van der Waals surface area contributed by atoms with Crippen molar-refractivity contribution in [3.8, 4) is 0 Å². The summed E-state index contributed by atoms with van der Waals surface area (Å²) in [5, 5.41) is 4.35. The van der Waals surface area contributed by atoms with Crippen molar-refractivity contribution in [2.75, 3.05) is 10.8 Å². The average Bonchev–Trinajstić information content (AvgIpc) is 2.75. The molecule has 0 spiro atoms. The first kappa shape index (κ1) is 22.5. The Morgan fingerprint density at radius 1 is 1.03 bits per heavy atom.